The normalized spacial score (nSPS) is 25.1. The Balaban J connectivity index is 2.25. The number of ether oxygens (including phenoxy) is 2. The predicted octanol–water partition coefficient (Wildman–Crippen LogP) is 3.16. The quantitative estimate of drug-likeness (QED) is 0.397. The van der Waals surface area contributed by atoms with Crippen molar-refractivity contribution >= 4 is 12.1 Å². The molecule has 0 bridgehead atoms. The van der Waals surface area contributed by atoms with Gasteiger partial charge in [-0.05, 0) is 56.4 Å². The van der Waals surface area contributed by atoms with Crippen molar-refractivity contribution in [2.24, 2.45) is 16.6 Å². The smallest absolute Gasteiger partial charge is 0.407 e. The third-order valence-corrected chi connectivity index (χ3v) is 4.61. The number of amides is 1. The van der Waals surface area contributed by atoms with Gasteiger partial charge in [0.05, 0.1) is 13.2 Å². The van der Waals surface area contributed by atoms with Crippen LogP contribution in [0.15, 0.2) is 12.2 Å². The summed E-state index contributed by atoms with van der Waals surface area (Å²) in [6.07, 6.45) is 3.77. The molecule has 1 aliphatic carbocycles. The largest absolute Gasteiger partial charge is 0.462 e. The molecular weight excluding hydrogens is 320 g/mol. The number of unbranched alkanes of at least 4 members (excludes halogenated alkanes) is 1. The Morgan fingerprint density at radius 1 is 1.16 bits per heavy atom. The monoisotopic (exact) mass is 354 g/mol. The van der Waals surface area contributed by atoms with Crippen molar-refractivity contribution in [1.29, 1.82) is 0 Å². The highest BCUT2D eigenvalue weighted by atomic mass is 16.5. The molecule has 0 spiro atoms. The predicted molar refractivity (Wildman–Crippen MR) is 98.1 cm³/mol. The molecule has 0 aliphatic heterocycles. The van der Waals surface area contributed by atoms with Gasteiger partial charge in [0, 0.05) is 11.6 Å². The second-order valence-electron chi connectivity index (χ2n) is 8.36. The summed E-state index contributed by atoms with van der Waals surface area (Å²) in [6, 6.07) is 0.0846. The summed E-state index contributed by atoms with van der Waals surface area (Å²) in [6.45, 7) is 13.0. The average Bonchev–Trinajstić information content (AvgIpc) is 2.48. The van der Waals surface area contributed by atoms with Crippen LogP contribution in [0.1, 0.15) is 59.8 Å². The molecule has 1 fully saturated rings. The van der Waals surface area contributed by atoms with Gasteiger partial charge >= 0.3 is 12.1 Å². The molecule has 0 saturated heterocycles. The summed E-state index contributed by atoms with van der Waals surface area (Å²) in [4.78, 5) is 23.2. The first-order valence-electron chi connectivity index (χ1n) is 9.03. The zero-order chi connectivity index (χ0) is 19.1. The molecule has 0 aromatic carbocycles. The van der Waals surface area contributed by atoms with Crippen LogP contribution in [-0.4, -0.2) is 37.9 Å². The molecule has 1 saturated carbocycles. The lowest BCUT2D eigenvalue weighted by atomic mass is 9.63. The Morgan fingerprint density at radius 3 is 2.32 bits per heavy atom. The summed E-state index contributed by atoms with van der Waals surface area (Å²) in [7, 11) is 0. The topological polar surface area (TPSA) is 90.6 Å². The van der Waals surface area contributed by atoms with Crippen LogP contribution >= 0.6 is 0 Å². The highest BCUT2D eigenvalue weighted by Gasteiger charge is 2.41. The SMILES string of the molecule is C=C(C)C(=O)OCCCCOC(=O)NC1CC(C)(C)CC(C)(CN)C1. The highest BCUT2D eigenvalue weighted by molar-refractivity contribution is 5.86. The van der Waals surface area contributed by atoms with E-state index in [1.807, 2.05) is 0 Å². The Bertz CT molecular complexity index is 490. The molecule has 2 unspecified atom stereocenters. The fourth-order valence-corrected chi connectivity index (χ4v) is 3.76. The van der Waals surface area contributed by atoms with Gasteiger partial charge < -0.3 is 20.5 Å². The zero-order valence-corrected chi connectivity index (χ0v) is 16.2. The van der Waals surface area contributed by atoms with Crippen LogP contribution in [0.3, 0.4) is 0 Å². The van der Waals surface area contributed by atoms with Gasteiger partial charge in [-0.2, -0.15) is 0 Å². The van der Waals surface area contributed by atoms with Gasteiger partial charge in [0.1, 0.15) is 0 Å². The number of nitrogens with two attached hydrogens (primary N) is 1. The van der Waals surface area contributed by atoms with Gasteiger partial charge in [0.2, 0.25) is 0 Å². The van der Waals surface area contributed by atoms with E-state index in [0.29, 0.717) is 38.2 Å². The first-order chi connectivity index (χ1) is 11.6. The fourth-order valence-electron chi connectivity index (χ4n) is 3.76. The lowest BCUT2D eigenvalue weighted by Gasteiger charge is -2.46. The highest BCUT2D eigenvalue weighted by Crippen LogP contribution is 2.45. The molecule has 1 aliphatic rings. The van der Waals surface area contributed by atoms with Gasteiger partial charge in [-0.3, -0.25) is 0 Å². The number of carbonyl (C=O) groups is 2. The molecule has 3 N–H and O–H groups in total. The number of carbonyl (C=O) groups excluding carboxylic acids is 2. The molecule has 0 aromatic rings. The average molecular weight is 354 g/mol. The summed E-state index contributed by atoms with van der Waals surface area (Å²) < 4.78 is 10.2. The molecule has 144 valence electrons. The summed E-state index contributed by atoms with van der Waals surface area (Å²) in [5.74, 6) is -0.387. The van der Waals surface area contributed by atoms with Gasteiger partial charge in [-0.15, -0.1) is 0 Å². The Morgan fingerprint density at radius 2 is 1.76 bits per heavy atom. The van der Waals surface area contributed by atoms with Gasteiger partial charge in [0.25, 0.3) is 0 Å². The van der Waals surface area contributed by atoms with E-state index in [2.05, 4.69) is 32.7 Å². The number of esters is 1. The number of nitrogens with one attached hydrogen (secondary N) is 1. The molecule has 1 rings (SSSR count). The van der Waals surface area contributed by atoms with E-state index in [4.69, 9.17) is 15.2 Å². The Labute approximate surface area is 151 Å². The lowest BCUT2D eigenvalue weighted by molar-refractivity contribution is -0.139. The van der Waals surface area contributed by atoms with E-state index < -0.39 is 0 Å². The second kappa shape index (κ2) is 9.22. The van der Waals surface area contributed by atoms with Crippen LogP contribution < -0.4 is 11.1 Å². The van der Waals surface area contributed by atoms with E-state index in [1.165, 1.54) is 0 Å². The van der Waals surface area contributed by atoms with Crippen molar-refractivity contribution in [1.82, 2.24) is 5.32 Å². The zero-order valence-electron chi connectivity index (χ0n) is 16.2. The first-order valence-corrected chi connectivity index (χ1v) is 9.03. The van der Waals surface area contributed by atoms with Gasteiger partial charge in [0.15, 0.2) is 0 Å². The molecule has 0 aromatic heterocycles. The molecule has 2 atom stereocenters. The third-order valence-electron chi connectivity index (χ3n) is 4.61. The fraction of sp³-hybridized carbons (Fsp3) is 0.789. The number of alkyl carbamates (subject to hydrolysis) is 1. The minimum atomic E-state index is -0.388. The van der Waals surface area contributed by atoms with Crippen molar-refractivity contribution < 1.29 is 19.1 Å². The molecule has 0 radical (unpaired) electrons. The third kappa shape index (κ3) is 7.90. The minimum absolute atomic E-state index is 0.0485. The van der Waals surface area contributed by atoms with Crippen molar-refractivity contribution in [3.63, 3.8) is 0 Å². The van der Waals surface area contributed by atoms with Crippen LogP contribution in [0.2, 0.25) is 0 Å². The van der Waals surface area contributed by atoms with E-state index in [0.717, 1.165) is 19.3 Å². The van der Waals surface area contributed by atoms with Gasteiger partial charge in [-0.1, -0.05) is 27.4 Å². The van der Waals surface area contributed by atoms with Gasteiger partial charge in [-0.25, -0.2) is 9.59 Å². The lowest BCUT2D eigenvalue weighted by Crippen LogP contribution is -2.49. The second-order valence-corrected chi connectivity index (χ2v) is 8.36. The Hall–Kier alpha value is -1.56. The van der Waals surface area contributed by atoms with Crippen molar-refractivity contribution in [3.8, 4) is 0 Å². The molecule has 25 heavy (non-hydrogen) atoms. The van der Waals surface area contributed by atoms with E-state index >= 15 is 0 Å². The van der Waals surface area contributed by atoms with Crippen molar-refractivity contribution in [2.75, 3.05) is 19.8 Å². The summed E-state index contributed by atoms with van der Waals surface area (Å²) in [5.41, 5.74) is 6.52. The van der Waals surface area contributed by atoms with Crippen molar-refractivity contribution in [3.05, 3.63) is 12.2 Å². The Kier molecular flexibility index (Phi) is 7.93. The molecular formula is C19H34N2O4. The maximum atomic E-state index is 12.0. The van der Waals surface area contributed by atoms with E-state index in [-0.39, 0.29) is 28.9 Å². The maximum absolute atomic E-state index is 12.0. The van der Waals surface area contributed by atoms with Crippen molar-refractivity contribution in [2.45, 2.75) is 65.8 Å². The number of rotatable bonds is 8. The number of hydrogen-bond acceptors (Lipinski definition) is 5. The van der Waals surface area contributed by atoms with Crippen LogP contribution in [-0.2, 0) is 14.3 Å². The standard InChI is InChI=1S/C19H34N2O4/c1-14(2)16(22)24-8-6-7-9-25-17(23)21-15-10-18(3,4)12-19(5,11-15)13-20/h15H,1,6-13,20H2,2-5H3,(H,21,23). The summed E-state index contributed by atoms with van der Waals surface area (Å²) in [5, 5.41) is 2.97. The minimum Gasteiger partial charge on any atom is -0.462 e. The van der Waals surface area contributed by atoms with E-state index in [1.54, 1.807) is 6.92 Å². The van der Waals surface area contributed by atoms with Crippen LogP contribution in [0.25, 0.3) is 0 Å². The molecule has 6 nitrogen and oxygen atoms in total. The molecule has 1 amide bonds. The van der Waals surface area contributed by atoms with Crippen LogP contribution in [0, 0.1) is 10.8 Å². The van der Waals surface area contributed by atoms with E-state index in [9.17, 15) is 9.59 Å². The number of hydrogen-bond donors (Lipinski definition) is 2. The van der Waals surface area contributed by atoms with Crippen LogP contribution in [0.5, 0.6) is 0 Å². The molecule has 6 heteroatoms. The summed E-state index contributed by atoms with van der Waals surface area (Å²) >= 11 is 0. The first kappa shape index (κ1) is 21.5. The maximum Gasteiger partial charge on any atom is 0.407 e. The van der Waals surface area contributed by atoms with Crippen LogP contribution in [0.4, 0.5) is 4.79 Å². The molecule has 0 heterocycles.